The van der Waals surface area contributed by atoms with Crippen LogP contribution in [-0.2, 0) is 4.79 Å². The second-order valence-electron chi connectivity index (χ2n) is 2.89. The maximum Gasteiger partial charge on any atom is 0.328 e. The van der Waals surface area contributed by atoms with Gasteiger partial charge in [-0.15, -0.1) is 0 Å². The van der Waals surface area contributed by atoms with Crippen molar-refractivity contribution < 1.29 is 19.6 Å². The van der Waals surface area contributed by atoms with Gasteiger partial charge in [0.2, 0.25) is 0 Å². The van der Waals surface area contributed by atoms with Crippen LogP contribution < -0.4 is 4.74 Å². The zero-order valence-corrected chi connectivity index (χ0v) is 8.41. The number of benzene rings is 1. The molecule has 0 saturated carbocycles. The number of hydrogen-bond acceptors (Lipinski definition) is 4. The fourth-order valence-electron chi connectivity index (χ4n) is 1.09. The maximum atomic E-state index is 10.6. The van der Waals surface area contributed by atoms with Crippen LogP contribution in [0.25, 0.3) is 6.08 Å². The van der Waals surface area contributed by atoms with E-state index < -0.39 is 10.9 Å². The lowest BCUT2D eigenvalue weighted by Gasteiger charge is -2.01. The van der Waals surface area contributed by atoms with E-state index in [-0.39, 0.29) is 5.69 Å². The molecule has 16 heavy (non-hydrogen) atoms. The van der Waals surface area contributed by atoms with E-state index in [9.17, 15) is 14.9 Å². The van der Waals surface area contributed by atoms with E-state index in [1.165, 1.54) is 31.4 Å². The Labute approximate surface area is 90.9 Å². The van der Waals surface area contributed by atoms with E-state index in [0.29, 0.717) is 11.3 Å². The summed E-state index contributed by atoms with van der Waals surface area (Å²) in [6.07, 6.45) is 2.16. The molecule has 0 radical (unpaired) electrons. The van der Waals surface area contributed by atoms with Crippen molar-refractivity contribution in [3.8, 4) is 5.75 Å². The Balaban J connectivity index is 3.14. The molecule has 0 aliphatic rings. The minimum absolute atomic E-state index is 0.149. The number of nitro benzene ring substituents is 1. The fraction of sp³-hybridized carbons (Fsp3) is 0.100. The van der Waals surface area contributed by atoms with Crippen molar-refractivity contribution in [2.45, 2.75) is 0 Å². The molecule has 0 aliphatic carbocycles. The van der Waals surface area contributed by atoms with Crippen molar-refractivity contribution in [2.75, 3.05) is 7.11 Å². The molecule has 0 aromatic heterocycles. The van der Waals surface area contributed by atoms with Crippen molar-refractivity contribution in [1.82, 2.24) is 0 Å². The van der Waals surface area contributed by atoms with Crippen LogP contribution in [0.4, 0.5) is 5.69 Å². The average molecular weight is 223 g/mol. The second-order valence-corrected chi connectivity index (χ2v) is 2.89. The number of carbonyl (C=O) groups is 1. The first-order valence-corrected chi connectivity index (χ1v) is 4.27. The molecule has 0 amide bonds. The van der Waals surface area contributed by atoms with Crippen molar-refractivity contribution in [1.29, 1.82) is 0 Å². The fourth-order valence-corrected chi connectivity index (χ4v) is 1.09. The maximum absolute atomic E-state index is 10.6. The molecule has 0 unspecified atom stereocenters. The van der Waals surface area contributed by atoms with Crippen molar-refractivity contribution in [2.24, 2.45) is 0 Å². The van der Waals surface area contributed by atoms with Gasteiger partial charge in [-0.25, -0.2) is 4.79 Å². The topological polar surface area (TPSA) is 89.7 Å². The number of rotatable bonds is 4. The summed E-state index contributed by atoms with van der Waals surface area (Å²) < 4.78 is 4.87. The smallest absolute Gasteiger partial charge is 0.328 e. The largest absolute Gasteiger partial charge is 0.496 e. The number of carboxylic acid groups (broad SMARTS) is 1. The van der Waals surface area contributed by atoms with Gasteiger partial charge in [0.25, 0.3) is 5.69 Å². The molecule has 0 atom stereocenters. The number of non-ortho nitro benzene ring substituents is 1. The molecular weight excluding hydrogens is 214 g/mol. The van der Waals surface area contributed by atoms with Gasteiger partial charge >= 0.3 is 5.97 Å². The average Bonchev–Trinajstić information content (AvgIpc) is 2.25. The Morgan fingerprint density at radius 1 is 1.50 bits per heavy atom. The van der Waals surface area contributed by atoms with Crippen molar-refractivity contribution >= 4 is 17.7 Å². The van der Waals surface area contributed by atoms with Gasteiger partial charge < -0.3 is 9.84 Å². The summed E-state index contributed by atoms with van der Waals surface area (Å²) in [6.45, 7) is 0. The quantitative estimate of drug-likeness (QED) is 0.476. The molecule has 0 bridgehead atoms. The van der Waals surface area contributed by atoms with E-state index in [1.807, 2.05) is 0 Å². The van der Waals surface area contributed by atoms with Crippen molar-refractivity contribution in [3.63, 3.8) is 0 Å². The summed E-state index contributed by atoms with van der Waals surface area (Å²) in [7, 11) is 1.38. The molecule has 1 N–H and O–H groups in total. The number of carboxylic acids is 1. The van der Waals surface area contributed by atoms with Crippen LogP contribution in [0.2, 0.25) is 0 Å². The highest BCUT2D eigenvalue weighted by molar-refractivity contribution is 5.85. The monoisotopic (exact) mass is 223 g/mol. The summed E-state index contributed by atoms with van der Waals surface area (Å²) in [6, 6.07) is 4.03. The van der Waals surface area contributed by atoms with Gasteiger partial charge in [0.1, 0.15) is 5.75 Å². The second kappa shape index (κ2) is 4.92. The molecule has 0 fully saturated rings. The van der Waals surface area contributed by atoms with Crippen LogP contribution >= 0.6 is 0 Å². The minimum atomic E-state index is -1.12. The van der Waals surface area contributed by atoms with E-state index in [1.54, 1.807) is 0 Å². The van der Waals surface area contributed by atoms with Gasteiger partial charge in [0.05, 0.1) is 18.1 Å². The minimum Gasteiger partial charge on any atom is -0.496 e. The Hall–Kier alpha value is -2.37. The van der Waals surface area contributed by atoms with Gasteiger partial charge in [0.15, 0.2) is 0 Å². The molecule has 0 heterocycles. The molecule has 84 valence electrons. The van der Waals surface area contributed by atoms with Gasteiger partial charge in [-0.2, -0.15) is 0 Å². The normalized spacial score (nSPS) is 10.3. The van der Waals surface area contributed by atoms with Gasteiger partial charge in [-0.1, -0.05) is 0 Å². The van der Waals surface area contributed by atoms with Gasteiger partial charge in [-0.05, 0) is 17.7 Å². The summed E-state index contributed by atoms with van der Waals surface area (Å²) >= 11 is 0. The van der Waals surface area contributed by atoms with Crippen LogP contribution in [0.5, 0.6) is 5.75 Å². The number of ether oxygens (including phenoxy) is 1. The van der Waals surface area contributed by atoms with Gasteiger partial charge in [0, 0.05) is 12.1 Å². The SMILES string of the molecule is COc1cc(/C=C/C(=O)O)cc([N+](=O)[O-])c1. The van der Waals surface area contributed by atoms with E-state index in [4.69, 9.17) is 9.84 Å². The van der Waals surface area contributed by atoms with Crippen molar-refractivity contribution in [3.05, 3.63) is 40.0 Å². The number of aliphatic carboxylic acids is 1. The highest BCUT2D eigenvalue weighted by Crippen LogP contribution is 2.23. The predicted molar refractivity (Wildman–Crippen MR) is 56.3 cm³/mol. The molecular formula is C10H9NO5. The van der Waals surface area contributed by atoms with Gasteiger partial charge in [-0.3, -0.25) is 10.1 Å². The van der Waals surface area contributed by atoms with Crippen LogP contribution in [-0.4, -0.2) is 23.1 Å². The number of nitrogens with zero attached hydrogens (tertiary/aromatic N) is 1. The van der Waals surface area contributed by atoms with E-state index in [0.717, 1.165) is 6.08 Å². The standard InChI is InChI=1S/C10H9NO5/c1-16-9-5-7(2-3-10(12)13)4-8(6-9)11(14)15/h2-6H,1H3,(H,12,13)/b3-2+. The lowest BCUT2D eigenvalue weighted by molar-refractivity contribution is -0.384. The third kappa shape index (κ3) is 3.09. The molecule has 0 aliphatic heterocycles. The van der Waals surface area contributed by atoms with E-state index in [2.05, 4.69) is 0 Å². The predicted octanol–water partition coefficient (Wildman–Crippen LogP) is 1.70. The summed E-state index contributed by atoms with van der Waals surface area (Å²) in [5, 5.41) is 19.0. The third-order valence-corrected chi connectivity index (χ3v) is 1.78. The summed E-state index contributed by atoms with van der Waals surface area (Å²) in [5.41, 5.74) is 0.248. The van der Waals surface area contributed by atoms with Crippen LogP contribution in [0.15, 0.2) is 24.3 Å². The van der Waals surface area contributed by atoms with E-state index >= 15 is 0 Å². The highest BCUT2D eigenvalue weighted by atomic mass is 16.6. The molecule has 1 rings (SSSR count). The van der Waals surface area contributed by atoms with Crippen LogP contribution in [0, 0.1) is 10.1 Å². The first-order valence-electron chi connectivity index (χ1n) is 4.27. The Bertz CT molecular complexity index is 453. The lowest BCUT2D eigenvalue weighted by atomic mass is 10.1. The summed E-state index contributed by atoms with van der Waals surface area (Å²) in [4.78, 5) is 20.3. The molecule has 6 nitrogen and oxygen atoms in total. The first kappa shape index (κ1) is 11.7. The van der Waals surface area contributed by atoms with Crippen LogP contribution in [0.1, 0.15) is 5.56 Å². The molecule has 1 aromatic rings. The first-order chi connectivity index (χ1) is 7.52. The number of nitro groups is 1. The Kier molecular flexibility index (Phi) is 3.60. The number of hydrogen-bond donors (Lipinski definition) is 1. The molecule has 0 saturated heterocycles. The number of methoxy groups -OCH3 is 1. The zero-order valence-electron chi connectivity index (χ0n) is 8.41. The summed E-state index contributed by atoms with van der Waals surface area (Å²) in [5.74, 6) is -0.815. The van der Waals surface area contributed by atoms with Crippen LogP contribution in [0.3, 0.4) is 0 Å². The zero-order chi connectivity index (χ0) is 12.1. The lowest BCUT2D eigenvalue weighted by Crippen LogP contribution is -1.92. The Morgan fingerprint density at radius 2 is 2.19 bits per heavy atom. The molecule has 1 aromatic carbocycles. The molecule has 6 heteroatoms. The highest BCUT2D eigenvalue weighted by Gasteiger charge is 2.08. The Morgan fingerprint density at radius 3 is 2.69 bits per heavy atom. The third-order valence-electron chi connectivity index (χ3n) is 1.78. The molecule has 0 spiro atoms.